The van der Waals surface area contributed by atoms with Crippen molar-refractivity contribution in [2.45, 2.75) is 13.0 Å². The van der Waals surface area contributed by atoms with Crippen LogP contribution in [0.2, 0.25) is 0 Å². The van der Waals surface area contributed by atoms with Gasteiger partial charge >= 0.3 is 0 Å². The van der Waals surface area contributed by atoms with Crippen molar-refractivity contribution in [3.63, 3.8) is 0 Å². The first kappa shape index (κ1) is 10.2. The molecule has 5 heteroatoms. The van der Waals surface area contributed by atoms with Crippen LogP contribution < -0.4 is 10.5 Å². The van der Waals surface area contributed by atoms with Gasteiger partial charge in [-0.15, -0.1) is 0 Å². The normalized spacial score (nSPS) is 23.1. The Labute approximate surface area is 88.7 Å². The van der Waals surface area contributed by atoms with Gasteiger partial charge in [0.05, 0.1) is 11.9 Å². The van der Waals surface area contributed by atoms with E-state index in [0.717, 1.165) is 25.3 Å². The van der Waals surface area contributed by atoms with E-state index in [0.29, 0.717) is 6.04 Å². The standard InChI is InChI=1S/C10H16N4O/c1-8-7-13(2)3-4-14(8)9-5-10(15)12-11-6-9/h5-6,8H,3-4,7H2,1-2H3,(H,12,15). The molecule has 0 bridgehead atoms. The van der Waals surface area contributed by atoms with Crippen molar-refractivity contribution in [2.24, 2.45) is 0 Å². The van der Waals surface area contributed by atoms with Crippen LogP contribution >= 0.6 is 0 Å². The summed E-state index contributed by atoms with van der Waals surface area (Å²) in [6.45, 7) is 5.16. The fourth-order valence-electron chi connectivity index (χ4n) is 2.05. The highest BCUT2D eigenvalue weighted by molar-refractivity contribution is 5.44. The first-order valence-electron chi connectivity index (χ1n) is 5.17. The maximum atomic E-state index is 11.1. The van der Waals surface area contributed by atoms with Gasteiger partial charge in [0.25, 0.3) is 5.56 Å². The molecule has 1 fully saturated rings. The van der Waals surface area contributed by atoms with Gasteiger partial charge in [-0.05, 0) is 14.0 Å². The lowest BCUT2D eigenvalue weighted by Gasteiger charge is -2.39. The number of likely N-dealkylation sites (N-methyl/N-ethyl adjacent to an activating group) is 1. The van der Waals surface area contributed by atoms with Crippen molar-refractivity contribution >= 4 is 5.69 Å². The summed E-state index contributed by atoms with van der Waals surface area (Å²) in [5.74, 6) is 0. The van der Waals surface area contributed by atoms with Crippen molar-refractivity contribution in [1.82, 2.24) is 15.1 Å². The predicted octanol–water partition coefficient (Wildman–Crippen LogP) is -0.0898. The number of hydrogen-bond donors (Lipinski definition) is 1. The molecule has 0 spiro atoms. The van der Waals surface area contributed by atoms with Crippen molar-refractivity contribution in [2.75, 3.05) is 31.6 Å². The third-order valence-corrected chi connectivity index (χ3v) is 2.81. The van der Waals surface area contributed by atoms with Crippen LogP contribution in [-0.2, 0) is 0 Å². The fourth-order valence-corrected chi connectivity index (χ4v) is 2.05. The molecule has 0 radical (unpaired) electrons. The Hall–Kier alpha value is -1.36. The molecule has 1 aliphatic rings. The van der Waals surface area contributed by atoms with E-state index in [4.69, 9.17) is 0 Å². The first-order chi connectivity index (χ1) is 7.16. The summed E-state index contributed by atoms with van der Waals surface area (Å²) in [6, 6.07) is 2.03. The summed E-state index contributed by atoms with van der Waals surface area (Å²) < 4.78 is 0. The van der Waals surface area contributed by atoms with Gasteiger partial charge < -0.3 is 9.80 Å². The minimum absolute atomic E-state index is 0.140. The Bertz CT molecular complexity index is 389. The molecule has 0 aliphatic carbocycles. The Morgan fingerprint density at radius 2 is 2.33 bits per heavy atom. The highest BCUT2D eigenvalue weighted by atomic mass is 16.1. The van der Waals surface area contributed by atoms with E-state index < -0.39 is 0 Å². The molecule has 1 aromatic rings. The molecule has 1 unspecified atom stereocenters. The highest BCUT2D eigenvalue weighted by Gasteiger charge is 2.21. The van der Waals surface area contributed by atoms with E-state index in [9.17, 15) is 4.79 Å². The molecule has 1 aliphatic heterocycles. The number of anilines is 1. The zero-order valence-electron chi connectivity index (χ0n) is 9.10. The van der Waals surface area contributed by atoms with Crippen molar-refractivity contribution in [3.8, 4) is 0 Å². The number of nitrogens with one attached hydrogen (secondary N) is 1. The molecule has 2 heterocycles. The van der Waals surface area contributed by atoms with Crippen molar-refractivity contribution in [1.29, 1.82) is 0 Å². The van der Waals surface area contributed by atoms with Crippen LogP contribution in [0.25, 0.3) is 0 Å². The monoisotopic (exact) mass is 208 g/mol. The summed E-state index contributed by atoms with van der Waals surface area (Å²) in [5, 5.41) is 6.21. The van der Waals surface area contributed by atoms with Crippen molar-refractivity contribution < 1.29 is 0 Å². The number of piperazine rings is 1. The Morgan fingerprint density at radius 3 is 3.00 bits per heavy atom. The van der Waals surface area contributed by atoms with Gasteiger partial charge in [-0.25, -0.2) is 5.10 Å². The van der Waals surface area contributed by atoms with Gasteiger partial charge in [0.15, 0.2) is 0 Å². The van der Waals surface area contributed by atoms with Gasteiger partial charge in [-0.3, -0.25) is 4.79 Å². The maximum absolute atomic E-state index is 11.1. The quantitative estimate of drug-likeness (QED) is 0.701. The van der Waals surface area contributed by atoms with E-state index in [2.05, 4.69) is 34.0 Å². The number of aromatic amines is 1. The van der Waals surface area contributed by atoms with Gasteiger partial charge in [-0.2, -0.15) is 5.10 Å². The summed E-state index contributed by atoms with van der Waals surface area (Å²) in [7, 11) is 2.11. The smallest absolute Gasteiger partial charge is 0.266 e. The lowest BCUT2D eigenvalue weighted by Crippen LogP contribution is -2.50. The van der Waals surface area contributed by atoms with Crippen LogP contribution in [-0.4, -0.2) is 47.8 Å². The zero-order chi connectivity index (χ0) is 10.8. The van der Waals surface area contributed by atoms with E-state index in [-0.39, 0.29) is 5.56 Å². The Morgan fingerprint density at radius 1 is 1.53 bits per heavy atom. The topological polar surface area (TPSA) is 52.2 Å². The molecule has 0 amide bonds. The predicted molar refractivity (Wildman–Crippen MR) is 59.2 cm³/mol. The van der Waals surface area contributed by atoms with Crippen LogP contribution in [0, 0.1) is 0 Å². The number of aromatic nitrogens is 2. The van der Waals surface area contributed by atoms with Crippen LogP contribution in [0.1, 0.15) is 6.92 Å². The van der Waals surface area contributed by atoms with E-state index in [1.165, 1.54) is 0 Å². The molecule has 0 saturated carbocycles. The Balaban J connectivity index is 2.20. The molecule has 5 nitrogen and oxygen atoms in total. The van der Waals surface area contributed by atoms with Gasteiger partial charge in [0.1, 0.15) is 0 Å². The minimum atomic E-state index is -0.140. The molecule has 1 atom stereocenters. The van der Waals surface area contributed by atoms with E-state index in [1.807, 2.05) is 0 Å². The molecule has 1 saturated heterocycles. The fraction of sp³-hybridized carbons (Fsp3) is 0.600. The Kier molecular flexibility index (Phi) is 2.73. The molecular weight excluding hydrogens is 192 g/mol. The third-order valence-electron chi connectivity index (χ3n) is 2.81. The van der Waals surface area contributed by atoms with Crippen molar-refractivity contribution in [3.05, 3.63) is 22.6 Å². The SMILES string of the molecule is CC1CN(C)CCN1c1cn[nH]c(=O)c1. The minimum Gasteiger partial charge on any atom is -0.365 e. The van der Waals surface area contributed by atoms with E-state index in [1.54, 1.807) is 12.3 Å². The largest absolute Gasteiger partial charge is 0.365 e. The highest BCUT2D eigenvalue weighted by Crippen LogP contribution is 2.16. The maximum Gasteiger partial charge on any atom is 0.266 e. The van der Waals surface area contributed by atoms with Gasteiger partial charge in [-0.1, -0.05) is 0 Å². The second-order valence-corrected chi connectivity index (χ2v) is 4.11. The number of nitrogens with zero attached hydrogens (tertiary/aromatic N) is 3. The second-order valence-electron chi connectivity index (χ2n) is 4.11. The summed E-state index contributed by atoms with van der Waals surface area (Å²) in [6.07, 6.45) is 1.71. The first-order valence-corrected chi connectivity index (χ1v) is 5.17. The lowest BCUT2D eigenvalue weighted by molar-refractivity contribution is 0.275. The third kappa shape index (κ3) is 2.18. The van der Waals surface area contributed by atoms with Crippen LogP contribution in [0.3, 0.4) is 0 Å². The van der Waals surface area contributed by atoms with Gasteiger partial charge in [0, 0.05) is 31.7 Å². The summed E-state index contributed by atoms with van der Waals surface area (Å²) in [4.78, 5) is 15.7. The molecule has 82 valence electrons. The summed E-state index contributed by atoms with van der Waals surface area (Å²) in [5.41, 5.74) is 0.776. The van der Waals surface area contributed by atoms with Crippen LogP contribution in [0.5, 0.6) is 0 Å². The molecular formula is C10H16N4O. The lowest BCUT2D eigenvalue weighted by atomic mass is 10.2. The molecule has 1 aromatic heterocycles. The number of rotatable bonds is 1. The number of H-pyrrole nitrogens is 1. The van der Waals surface area contributed by atoms with E-state index >= 15 is 0 Å². The number of hydrogen-bond acceptors (Lipinski definition) is 4. The van der Waals surface area contributed by atoms with Gasteiger partial charge in [0.2, 0.25) is 0 Å². The molecule has 2 rings (SSSR count). The second kappa shape index (κ2) is 4.02. The molecule has 0 aromatic carbocycles. The zero-order valence-corrected chi connectivity index (χ0v) is 9.10. The average Bonchev–Trinajstić information content (AvgIpc) is 2.17. The molecule has 1 N–H and O–H groups in total. The van der Waals surface area contributed by atoms with Crippen LogP contribution in [0.4, 0.5) is 5.69 Å². The summed E-state index contributed by atoms with van der Waals surface area (Å²) >= 11 is 0. The van der Waals surface area contributed by atoms with Crippen LogP contribution in [0.15, 0.2) is 17.1 Å². The molecule has 15 heavy (non-hydrogen) atoms. The average molecular weight is 208 g/mol.